The maximum absolute atomic E-state index is 12.9. The zero-order valence-electron chi connectivity index (χ0n) is 19.2. The van der Waals surface area contributed by atoms with E-state index in [4.69, 9.17) is 4.52 Å². The van der Waals surface area contributed by atoms with Crippen LogP contribution < -0.4 is 5.32 Å². The van der Waals surface area contributed by atoms with E-state index in [2.05, 4.69) is 27.3 Å². The minimum atomic E-state index is -3.51. The average Bonchev–Trinajstić information content (AvgIpc) is 3.17. The Balaban J connectivity index is 1.33. The van der Waals surface area contributed by atoms with Crippen LogP contribution >= 0.6 is 0 Å². The van der Waals surface area contributed by atoms with Crippen LogP contribution in [-0.4, -0.2) is 72.9 Å². The van der Waals surface area contributed by atoms with E-state index in [1.165, 1.54) is 25.7 Å². The van der Waals surface area contributed by atoms with Crippen LogP contribution in [0.15, 0.2) is 33.7 Å². The molecule has 0 bridgehead atoms. The molecule has 0 radical (unpaired) electrons. The number of hydrogen-bond acceptors (Lipinski definition) is 7. The van der Waals surface area contributed by atoms with Crippen LogP contribution in [-0.2, 0) is 10.0 Å². The van der Waals surface area contributed by atoms with Crippen molar-refractivity contribution in [3.63, 3.8) is 0 Å². The van der Waals surface area contributed by atoms with Gasteiger partial charge < -0.3 is 14.7 Å². The second-order valence-corrected chi connectivity index (χ2v) is 11.0. The fourth-order valence-corrected chi connectivity index (χ4v) is 5.82. The molecule has 10 heteroatoms. The highest BCUT2D eigenvalue weighted by Gasteiger charge is 2.28. The number of carbonyl (C=O) groups is 1. The van der Waals surface area contributed by atoms with Gasteiger partial charge in [-0.2, -0.15) is 9.29 Å². The summed E-state index contributed by atoms with van der Waals surface area (Å²) in [6, 6.07) is 6.40. The van der Waals surface area contributed by atoms with Gasteiger partial charge in [-0.1, -0.05) is 24.9 Å². The molecule has 2 aliphatic heterocycles. The number of hydrogen-bond donors (Lipinski definition) is 1. The number of amides is 1. The summed E-state index contributed by atoms with van der Waals surface area (Å²) < 4.78 is 32.5. The number of carbonyl (C=O) groups excluding carboxylic acids is 1. The lowest BCUT2D eigenvalue weighted by Crippen LogP contribution is -2.37. The monoisotopic (exact) mass is 475 g/mol. The summed E-state index contributed by atoms with van der Waals surface area (Å²) in [5, 5.41) is 6.73. The summed E-state index contributed by atoms with van der Waals surface area (Å²) in [5.41, 5.74) is 0.591. The highest BCUT2D eigenvalue weighted by atomic mass is 32.2. The van der Waals surface area contributed by atoms with Crippen LogP contribution in [0.25, 0.3) is 11.4 Å². The van der Waals surface area contributed by atoms with Gasteiger partial charge in [0.1, 0.15) is 0 Å². The van der Waals surface area contributed by atoms with Gasteiger partial charge in [-0.15, -0.1) is 0 Å². The first kappa shape index (κ1) is 23.8. The van der Waals surface area contributed by atoms with Crippen molar-refractivity contribution < 1.29 is 17.7 Å². The molecule has 2 fully saturated rings. The van der Waals surface area contributed by atoms with Crippen molar-refractivity contribution in [3.8, 4) is 11.4 Å². The van der Waals surface area contributed by atoms with Crippen LogP contribution in [0.3, 0.4) is 0 Å². The third-order valence-corrected chi connectivity index (χ3v) is 8.44. The number of rotatable bonds is 7. The summed E-state index contributed by atoms with van der Waals surface area (Å²) in [5.74, 6) is 0.309. The Morgan fingerprint density at radius 1 is 1.06 bits per heavy atom. The van der Waals surface area contributed by atoms with Gasteiger partial charge in [0, 0.05) is 31.7 Å². The van der Waals surface area contributed by atoms with E-state index < -0.39 is 15.9 Å². The molecule has 1 amide bonds. The number of aromatic nitrogens is 2. The van der Waals surface area contributed by atoms with Crippen LogP contribution in [0.2, 0.25) is 0 Å². The smallest absolute Gasteiger partial charge is 0.316 e. The Morgan fingerprint density at radius 3 is 2.39 bits per heavy atom. The van der Waals surface area contributed by atoms with E-state index in [0.717, 1.165) is 32.5 Å². The summed E-state index contributed by atoms with van der Waals surface area (Å²) in [4.78, 5) is 19.2. The van der Waals surface area contributed by atoms with E-state index in [9.17, 15) is 13.2 Å². The van der Waals surface area contributed by atoms with Crippen molar-refractivity contribution in [2.75, 3.05) is 39.3 Å². The number of sulfonamides is 1. The highest BCUT2D eigenvalue weighted by Crippen LogP contribution is 2.25. The lowest BCUT2D eigenvalue weighted by Gasteiger charge is -2.29. The van der Waals surface area contributed by atoms with Crippen LogP contribution in [0.4, 0.5) is 0 Å². The SMILES string of the molecule is CC1CCN(S(=O)(=O)c2ccc(-c3noc(C(=O)NCCN4CCCCCC4)n3)cc2)CC1. The quantitative estimate of drug-likeness (QED) is 0.656. The zero-order valence-corrected chi connectivity index (χ0v) is 20.0. The van der Waals surface area contributed by atoms with Crippen LogP contribution in [0.1, 0.15) is 56.1 Å². The highest BCUT2D eigenvalue weighted by molar-refractivity contribution is 7.89. The van der Waals surface area contributed by atoms with E-state index in [0.29, 0.717) is 31.1 Å². The Hall–Kier alpha value is -2.30. The number of likely N-dealkylation sites (tertiary alicyclic amines) is 1. The third kappa shape index (κ3) is 5.99. The Bertz CT molecular complexity index is 1020. The average molecular weight is 476 g/mol. The molecule has 180 valence electrons. The minimum Gasteiger partial charge on any atom is -0.347 e. The second-order valence-electron chi connectivity index (χ2n) is 9.05. The van der Waals surface area contributed by atoms with E-state index in [-0.39, 0.29) is 16.6 Å². The summed E-state index contributed by atoms with van der Waals surface area (Å²) >= 11 is 0. The molecular formula is C23H33N5O4S. The predicted octanol–water partition coefficient (Wildman–Crippen LogP) is 2.76. The molecule has 0 saturated carbocycles. The van der Waals surface area contributed by atoms with Crippen molar-refractivity contribution in [1.82, 2.24) is 24.7 Å². The number of benzene rings is 1. The minimum absolute atomic E-state index is 0.0972. The van der Waals surface area contributed by atoms with E-state index in [1.807, 2.05) is 0 Å². The Labute approximate surface area is 195 Å². The fraction of sp³-hybridized carbons (Fsp3) is 0.609. The lowest BCUT2D eigenvalue weighted by atomic mass is 10.0. The summed E-state index contributed by atoms with van der Waals surface area (Å²) in [7, 11) is -3.51. The van der Waals surface area contributed by atoms with Crippen molar-refractivity contribution in [2.45, 2.75) is 50.3 Å². The molecular weight excluding hydrogens is 442 g/mol. The van der Waals surface area contributed by atoms with Gasteiger partial charge in [0.15, 0.2) is 0 Å². The molecule has 1 aromatic carbocycles. The first-order valence-electron chi connectivity index (χ1n) is 11.9. The van der Waals surface area contributed by atoms with Gasteiger partial charge in [0.2, 0.25) is 15.8 Å². The molecule has 0 unspecified atom stereocenters. The number of nitrogens with one attached hydrogen (secondary N) is 1. The van der Waals surface area contributed by atoms with E-state index >= 15 is 0 Å². The molecule has 2 aliphatic rings. The van der Waals surface area contributed by atoms with Gasteiger partial charge in [-0.25, -0.2) is 8.42 Å². The van der Waals surface area contributed by atoms with E-state index in [1.54, 1.807) is 28.6 Å². The van der Waals surface area contributed by atoms with Gasteiger partial charge in [-0.3, -0.25) is 4.79 Å². The first-order chi connectivity index (χ1) is 15.9. The maximum atomic E-state index is 12.9. The number of piperidine rings is 1. The largest absolute Gasteiger partial charge is 0.347 e. The van der Waals surface area contributed by atoms with Crippen molar-refractivity contribution in [1.29, 1.82) is 0 Å². The van der Waals surface area contributed by atoms with Crippen LogP contribution in [0, 0.1) is 5.92 Å². The topological polar surface area (TPSA) is 109 Å². The zero-order chi connectivity index (χ0) is 23.3. The second kappa shape index (κ2) is 10.8. The standard InChI is InChI=1S/C23H33N5O4S/c1-18-10-15-28(16-11-18)33(30,31)20-8-6-19(7-9-20)21-25-23(32-26-21)22(29)24-12-17-27-13-4-2-3-5-14-27/h6-9,18H,2-5,10-17H2,1H3,(H,24,29). The molecule has 33 heavy (non-hydrogen) atoms. The van der Waals surface area contributed by atoms with Crippen LogP contribution in [0.5, 0.6) is 0 Å². The van der Waals surface area contributed by atoms with Gasteiger partial charge in [-0.05, 0) is 69.0 Å². The Morgan fingerprint density at radius 2 is 1.73 bits per heavy atom. The van der Waals surface area contributed by atoms with Crippen molar-refractivity contribution >= 4 is 15.9 Å². The molecule has 0 spiro atoms. The Kier molecular flexibility index (Phi) is 7.77. The first-order valence-corrected chi connectivity index (χ1v) is 13.3. The molecule has 1 aromatic heterocycles. The number of nitrogens with zero attached hydrogens (tertiary/aromatic N) is 4. The van der Waals surface area contributed by atoms with Gasteiger partial charge in [0.05, 0.1) is 4.90 Å². The molecule has 3 heterocycles. The summed E-state index contributed by atoms with van der Waals surface area (Å²) in [6.07, 6.45) is 6.72. The summed E-state index contributed by atoms with van der Waals surface area (Å²) in [6.45, 7) is 6.72. The van der Waals surface area contributed by atoms with Crippen molar-refractivity contribution in [2.24, 2.45) is 5.92 Å². The van der Waals surface area contributed by atoms with Gasteiger partial charge >= 0.3 is 11.8 Å². The molecule has 0 atom stereocenters. The molecule has 2 saturated heterocycles. The molecule has 0 aliphatic carbocycles. The lowest BCUT2D eigenvalue weighted by molar-refractivity contribution is 0.0904. The molecule has 2 aromatic rings. The maximum Gasteiger partial charge on any atom is 0.316 e. The predicted molar refractivity (Wildman–Crippen MR) is 124 cm³/mol. The molecule has 1 N–H and O–H groups in total. The van der Waals surface area contributed by atoms with Gasteiger partial charge in [0.25, 0.3) is 0 Å². The fourth-order valence-electron chi connectivity index (χ4n) is 4.35. The third-order valence-electron chi connectivity index (χ3n) is 6.53. The van der Waals surface area contributed by atoms with Crippen molar-refractivity contribution in [3.05, 3.63) is 30.2 Å². The molecule has 4 rings (SSSR count). The normalized spacial score (nSPS) is 19.3. The molecule has 9 nitrogen and oxygen atoms in total.